The number of fused-ring (bicyclic) bond motifs is 1. The molecule has 0 aliphatic carbocycles. The standard InChI is InChI=1S/C8H6N2S/c1-2-4-8-7(3-1)9-5-11-6-10-8/h1-6H. The molecular weight excluding hydrogens is 156 g/mol. The zero-order valence-corrected chi connectivity index (χ0v) is 6.58. The summed E-state index contributed by atoms with van der Waals surface area (Å²) < 4.78 is 0. The van der Waals surface area contributed by atoms with E-state index in [0.29, 0.717) is 0 Å². The van der Waals surface area contributed by atoms with Gasteiger partial charge in [0.25, 0.3) is 0 Å². The van der Waals surface area contributed by atoms with Crippen LogP contribution in [0.3, 0.4) is 0 Å². The fraction of sp³-hybridized carbons (Fsp3) is 0. The lowest BCUT2D eigenvalue weighted by Gasteiger charge is -1.94. The smallest absolute Gasteiger partial charge is 0.0892 e. The molecule has 0 bridgehead atoms. The Balaban J connectivity index is 2.58. The summed E-state index contributed by atoms with van der Waals surface area (Å²) in [6.45, 7) is 0. The summed E-state index contributed by atoms with van der Waals surface area (Å²) in [5.41, 5.74) is 5.45. The number of rotatable bonds is 0. The Bertz CT molecular complexity index is 287. The molecule has 0 radical (unpaired) electrons. The molecule has 1 aliphatic heterocycles. The van der Waals surface area contributed by atoms with Crippen molar-refractivity contribution in [1.82, 2.24) is 0 Å². The largest absolute Gasteiger partial charge is 0.247 e. The van der Waals surface area contributed by atoms with E-state index in [2.05, 4.69) is 9.98 Å². The van der Waals surface area contributed by atoms with Crippen molar-refractivity contribution >= 4 is 34.2 Å². The van der Waals surface area contributed by atoms with Crippen LogP contribution < -0.4 is 0 Å². The third-order valence-electron chi connectivity index (χ3n) is 1.39. The van der Waals surface area contributed by atoms with Crippen molar-refractivity contribution in [3.05, 3.63) is 24.3 Å². The van der Waals surface area contributed by atoms with Crippen LogP contribution in [0.5, 0.6) is 0 Å². The number of hydrogen-bond donors (Lipinski definition) is 0. The van der Waals surface area contributed by atoms with Crippen LogP contribution in [0.1, 0.15) is 0 Å². The molecule has 0 unspecified atom stereocenters. The Labute approximate surface area is 69.1 Å². The highest BCUT2D eigenvalue weighted by atomic mass is 32.2. The van der Waals surface area contributed by atoms with Gasteiger partial charge in [-0.25, -0.2) is 9.98 Å². The highest BCUT2D eigenvalue weighted by Crippen LogP contribution is 2.28. The predicted octanol–water partition coefficient (Wildman–Crippen LogP) is 2.75. The Kier molecular flexibility index (Phi) is 1.73. The number of para-hydroxylation sites is 2. The van der Waals surface area contributed by atoms with Gasteiger partial charge in [-0.05, 0) is 12.1 Å². The van der Waals surface area contributed by atoms with Gasteiger partial charge in [-0.15, -0.1) is 0 Å². The summed E-state index contributed by atoms with van der Waals surface area (Å²) in [4.78, 5) is 8.40. The summed E-state index contributed by atoms with van der Waals surface area (Å²) >= 11 is 1.49. The van der Waals surface area contributed by atoms with Crippen molar-refractivity contribution in [1.29, 1.82) is 0 Å². The van der Waals surface area contributed by atoms with Crippen molar-refractivity contribution < 1.29 is 0 Å². The monoisotopic (exact) mass is 162 g/mol. The van der Waals surface area contributed by atoms with Crippen LogP contribution in [-0.4, -0.2) is 11.1 Å². The van der Waals surface area contributed by atoms with Crippen LogP contribution in [0, 0.1) is 0 Å². The minimum absolute atomic E-state index is 0.939. The van der Waals surface area contributed by atoms with E-state index in [0.717, 1.165) is 11.4 Å². The topological polar surface area (TPSA) is 24.7 Å². The van der Waals surface area contributed by atoms with Crippen LogP contribution in [0.4, 0.5) is 11.4 Å². The summed E-state index contributed by atoms with van der Waals surface area (Å²) in [6, 6.07) is 7.83. The van der Waals surface area contributed by atoms with Gasteiger partial charge < -0.3 is 0 Å². The van der Waals surface area contributed by atoms with Crippen LogP contribution in [0.25, 0.3) is 0 Å². The quantitative estimate of drug-likeness (QED) is 0.575. The van der Waals surface area contributed by atoms with Gasteiger partial charge in [0.05, 0.1) is 22.5 Å². The molecule has 0 N–H and O–H groups in total. The lowest BCUT2D eigenvalue weighted by atomic mass is 10.3. The minimum atomic E-state index is 0.939. The molecule has 0 amide bonds. The molecule has 1 aromatic rings. The summed E-state index contributed by atoms with van der Waals surface area (Å²) in [5, 5.41) is 0. The first-order valence-corrected chi connectivity index (χ1v) is 4.21. The van der Waals surface area contributed by atoms with E-state index in [4.69, 9.17) is 0 Å². The van der Waals surface area contributed by atoms with E-state index in [1.165, 1.54) is 11.8 Å². The number of aliphatic imine (C=N–C) groups is 2. The van der Waals surface area contributed by atoms with Gasteiger partial charge in [0.2, 0.25) is 0 Å². The van der Waals surface area contributed by atoms with Crippen molar-refractivity contribution in [3.63, 3.8) is 0 Å². The van der Waals surface area contributed by atoms with E-state index in [1.807, 2.05) is 24.3 Å². The summed E-state index contributed by atoms with van der Waals surface area (Å²) in [6.07, 6.45) is 0. The second kappa shape index (κ2) is 2.88. The molecule has 0 aromatic heterocycles. The predicted molar refractivity (Wildman–Crippen MR) is 50.3 cm³/mol. The number of nitrogens with zero attached hydrogens (tertiary/aromatic N) is 2. The molecule has 0 saturated heterocycles. The molecule has 54 valence electrons. The molecule has 11 heavy (non-hydrogen) atoms. The second-order valence-electron chi connectivity index (χ2n) is 2.09. The molecule has 1 heterocycles. The molecule has 2 rings (SSSR count). The zero-order chi connectivity index (χ0) is 7.52. The third-order valence-corrected chi connectivity index (χ3v) is 1.84. The highest BCUT2D eigenvalue weighted by molar-refractivity contribution is 8.23. The van der Waals surface area contributed by atoms with Crippen LogP contribution in [0.2, 0.25) is 0 Å². The molecule has 0 saturated carbocycles. The van der Waals surface area contributed by atoms with Gasteiger partial charge in [-0.2, -0.15) is 0 Å². The van der Waals surface area contributed by atoms with Crippen LogP contribution >= 0.6 is 11.8 Å². The van der Waals surface area contributed by atoms with Gasteiger partial charge in [-0.3, -0.25) is 0 Å². The average Bonchev–Trinajstić information content (AvgIpc) is 2.28. The van der Waals surface area contributed by atoms with Crippen LogP contribution in [0.15, 0.2) is 34.3 Å². The SMILES string of the molecule is C1=Nc2ccccc2N=CS1. The van der Waals surface area contributed by atoms with E-state index in [1.54, 1.807) is 11.1 Å². The Morgan fingerprint density at radius 1 is 0.909 bits per heavy atom. The van der Waals surface area contributed by atoms with E-state index >= 15 is 0 Å². The van der Waals surface area contributed by atoms with Gasteiger partial charge >= 0.3 is 0 Å². The Morgan fingerprint density at radius 2 is 1.45 bits per heavy atom. The summed E-state index contributed by atoms with van der Waals surface area (Å²) in [5.74, 6) is 0. The van der Waals surface area contributed by atoms with E-state index in [-0.39, 0.29) is 0 Å². The first-order valence-electron chi connectivity index (χ1n) is 3.26. The first-order chi connectivity index (χ1) is 5.47. The second-order valence-corrected chi connectivity index (χ2v) is 2.79. The molecule has 2 nitrogen and oxygen atoms in total. The maximum Gasteiger partial charge on any atom is 0.0892 e. The Hall–Kier alpha value is -1.09. The molecule has 1 aliphatic rings. The lowest BCUT2D eigenvalue weighted by Crippen LogP contribution is -1.64. The zero-order valence-electron chi connectivity index (χ0n) is 5.77. The third kappa shape index (κ3) is 1.33. The fourth-order valence-electron chi connectivity index (χ4n) is 0.884. The highest BCUT2D eigenvalue weighted by Gasteiger charge is 1.97. The molecule has 0 fully saturated rings. The molecule has 0 atom stereocenters. The Morgan fingerprint density at radius 3 is 2.00 bits per heavy atom. The number of thioether (sulfide) groups is 1. The number of hydrogen-bond acceptors (Lipinski definition) is 3. The van der Waals surface area contributed by atoms with Gasteiger partial charge in [0.1, 0.15) is 0 Å². The molecule has 3 heteroatoms. The maximum atomic E-state index is 4.20. The minimum Gasteiger partial charge on any atom is -0.247 e. The average molecular weight is 162 g/mol. The van der Waals surface area contributed by atoms with Crippen LogP contribution in [-0.2, 0) is 0 Å². The lowest BCUT2D eigenvalue weighted by molar-refractivity contribution is 1.48. The fourth-order valence-corrected chi connectivity index (χ4v) is 1.29. The summed E-state index contributed by atoms with van der Waals surface area (Å²) in [7, 11) is 0. The normalized spacial score (nSPS) is 14.2. The van der Waals surface area contributed by atoms with Gasteiger partial charge in [0.15, 0.2) is 0 Å². The van der Waals surface area contributed by atoms with Crippen molar-refractivity contribution in [3.8, 4) is 0 Å². The molecule has 0 spiro atoms. The number of benzene rings is 1. The van der Waals surface area contributed by atoms with Crippen molar-refractivity contribution in [2.45, 2.75) is 0 Å². The van der Waals surface area contributed by atoms with E-state index in [9.17, 15) is 0 Å². The van der Waals surface area contributed by atoms with Crippen molar-refractivity contribution in [2.24, 2.45) is 9.98 Å². The van der Waals surface area contributed by atoms with E-state index < -0.39 is 0 Å². The van der Waals surface area contributed by atoms with Crippen molar-refractivity contribution in [2.75, 3.05) is 0 Å². The van der Waals surface area contributed by atoms with Gasteiger partial charge in [0, 0.05) is 0 Å². The maximum absolute atomic E-state index is 4.20. The molecular formula is C8H6N2S. The first kappa shape index (κ1) is 6.61. The van der Waals surface area contributed by atoms with Gasteiger partial charge in [-0.1, -0.05) is 23.9 Å². The molecule has 1 aromatic carbocycles.